The molecule has 0 spiro atoms. The van der Waals surface area contributed by atoms with Gasteiger partial charge in [0, 0.05) is 12.8 Å². The Bertz CT molecular complexity index is 1510. The van der Waals surface area contributed by atoms with Crippen molar-refractivity contribution < 1.29 is 37.3 Å². The zero-order chi connectivity index (χ0) is 55.0. The minimum Gasteiger partial charge on any atom is -0.456 e. The van der Waals surface area contributed by atoms with E-state index in [2.05, 4.69) is 86.8 Å². The lowest BCUT2D eigenvalue weighted by atomic mass is 10.0. The summed E-state index contributed by atoms with van der Waals surface area (Å²) < 4.78 is 30.7. The molecule has 0 bridgehead atoms. The first-order chi connectivity index (χ1) is 36.4. The fourth-order valence-corrected chi connectivity index (χ4v) is 9.60. The highest BCUT2D eigenvalue weighted by Crippen LogP contribution is 2.43. The van der Waals surface area contributed by atoms with Crippen LogP contribution in [0.4, 0.5) is 0 Å². The summed E-state index contributed by atoms with van der Waals surface area (Å²) in [7, 11) is 1.46. The van der Waals surface area contributed by atoms with Crippen molar-refractivity contribution >= 4 is 19.7 Å². The number of hydrogen-bond acceptors (Lipinski definition) is 6. The van der Waals surface area contributed by atoms with E-state index in [9.17, 15) is 19.0 Å². The van der Waals surface area contributed by atoms with Crippen molar-refractivity contribution in [2.75, 3.05) is 40.9 Å². The number of amides is 1. The second-order valence-corrected chi connectivity index (χ2v) is 23.7. The van der Waals surface area contributed by atoms with Crippen molar-refractivity contribution in [3.05, 3.63) is 72.9 Å². The van der Waals surface area contributed by atoms with Gasteiger partial charge in [-0.3, -0.25) is 18.6 Å². The van der Waals surface area contributed by atoms with Gasteiger partial charge in [-0.15, -0.1) is 0 Å². The van der Waals surface area contributed by atoms with Gasteiger partial charge in [-0.2, -0.15) is 0 Å². The van der Waals surface area contributed by atoms with Crippen molar-refractivity contribution in [3.63, 3.8) is 0 Å². The first-order valence-corrected chi connectivity index (χ1v) is 32.8. The van der Waals surface area contributed by atoms with Gasteiger partial charge in [0.2, 0.25) is 5.91 Å². The summed E-state index contributed by atoms with van der Waals surface area (Å²) in [5.74, 6) is -0.566. The monoisotopic (exact) mass is 1070 g/mol. The molecule has 436 valence electrons. The molecule has 0 rings (SSSR count). The average molecular weight is 1070 g/mol. The van der Waals surface area contributed by atoms with E-state index in [1.165, 1.54) is 161 Å². The van der Waals surface area contributed by atoms with Crippen LogP contribution in [0.5, 0.6) is 0 Å². The van der Waals surface area contributed by atoms with Crippen LogP contribution in [-0.2, 0) is 27.9 Å². The van der Waals surface area contributed by atoms with Gasteiger partial charge in [-0.1, -0.05) is 267 Å². The molecule has 0 aliphatic heterocycles. The minimum atomic E-state index is -4.46. The molecular weight excluding hydrogens is 952 g/mol. The third-order valence-corrected chi connectivity index (χ3v) is 14.6. The number of carbonyl (C=O) groups is 2. The Morgan fingerprint density at radius 1 is 0.480 bits per heavy atom. The number of nitrogens with one attached hydrogen (secondary N) is 1. The van der Waals surface area contributed by atoms with E-state index in [0.717, 1.165) is 77.0 Å². The summed E-state index contributed by atoms with van der Waals surface area (Å²) in [6.07, 6.45) is 70.5. The number of esters is 1. The molecule has 9 nitrogen and oxygen atoms in total. The minimum absolute atomic E-state index is 0.0286. The number of ether oxygens (including phenoxy) is 1. The molecule has 0 aromatic rings. The van der Waals surface area contributed by atoms with Gasteiger partial charge in [0.15, 0.2) is 0 Å². The lowest BCUT2D eigenvalue weighted by molar-refractivity contribution is -0.870. The number of unbranched alkanes of at least 4 members (excludes halogenated alkanes) is 30. The van der Waals surface area contributed by atoms with E-state index >= 15 is 0 Å². The highest BCUT2D eigenvalue weighted by molar-refractivity contribution is 7.47. The van der Waals surface area contributed by atoms with E-state index in [4.69, 9.17) is 13.8 Å². The first-order valence-electron chi connectivity index (χ1n) is 31.3. The summed E-state index contributed by atoms with van der Waals surface area (Å²) >= 11 is 0. The molecule has 3 atom stereocenters. The van der Waals surface area contributed by atoms with Crippen LogP contribution in [0.3, 0.4) is 0 Å². The van der Waals surface area contributed by atoms with Gasteiger partial charge in [0.05, 0.1) is 33.8 Å². The second kappa shape index (κ2) is 54.8. The fourth-order valence-electron chi connectivity index (χ4n) is 8.86. The van der Waals surface area contributed by atoms with Gasteiger partial charge < -0.3 is 19.4 Å². The van der Waals surface area contributed by atoms with E-state index in [0.29, 0.717) is 17.4 Å². The van der Waals surface area contributed by atoms with Gasteiger partial charge >= 0.3 is 13.8 Å². The number of phosphoric ester groups is 1. The third kappa shape index (κ3) is 56.0. The molecule has 0 aromatic carbocycles. The quantitative estimate of drug-likeness (QED) is 0.0205. The molecule has 0 aromatic heterocycles. The maximum atomic E-state index is 13.5. The molecule has 2 N–H and O–H groups in total. The smallest absolute Gasteiger partial charge is 0.456 e. The predicted octanol–water partition coefficient (Wildman–Crippen LogP) is 19.2. The summed E-state index contributed by atoms with van der Waals surface area (Å²) in [5.41, 5.74) is 0. The molecule has 0 heterocycles. The molecule has 10 heteroatoms. The molecule has 0 aliphatic rings. The largest absolute Gasteiger partial charge is 0.472 e. The van der Waals surface area contributed by atoms with Gasteiger partial charge in [-0.05, 0) is 70.3 Å². The van der Waals surface area contributed by atoms with E-state index in [1.807, 2.05) is 33.3 Å². The Morgan fingerprint density at radius 2 is 0.867 bits per heavy atom. The SMILES string of the molecule is CC/C=C\C/C=C\C/C=C\C/C=C\C/C=C\CCCC(=O)NC(COP(=O)(O)OCC[N+](C)(C)C)C(/C=C/CCCCCCCCCCCCC)OC(=O)CCCCCCCCCCCCCCCCCCCCC. The van der Waals surface area contributed by atoms with Crippen molar-refractivity contribution in [3.8, 4) is 0 Å². The molecule has 0 radical (unpaired) electrons. The van der Waals surface area contributed by atoms with E-state index < -0.39 is 20.0 Å². The number of rotatable bonds is 56. The molecule has 0 fully saturated rings. The Kier molecular flexibility index (Phi) is 52.9. The van der Waals surface area contributed by atoms with Crippen LogP contribution in [0.25, 0.3) is 0 Å². The van der Waals surface area contributed by atoms with Crippen LogP contribution in [0, 0.1) is 0 Å². The molecule has 0 saturated carbocycles. The Morgan fingerprint density at radius 3 is 1.29 bits per heavy atom. The number of nitrogens with zero attached hydrogens (tertiary/aromatic N) is 1. The number of carbonyl (C=O) groups excluding carboxylic acids is 2. The molecule has 1 amide bonds. The number of quaternary nitrogens is 1. The highest BCUT2D eigenvalue weighted by atomic mass is 31.2. The number of likely N-dealkylation sites (N-methyl/N-ethyl adjacent to an activating group) is 1. The molecular formula is C65H120N2O7P+. The zero-order valence-corrected chi connectivity index (χ0v) is 50.7. The van der Waals surface area contributed by atoms with Crippen LogP contribution in [0.2, 0.25) is 0 Å². The predicted molar refractivity (Wildman–Crippen MR) is 323 cm³/mol. The summed E-state index contributed by atoms with van der Waals surface area (Å²) in [5, 5.41) is 3.02. The normalized spacial score (nSPS) is 14.2. The molecule has 0 saturated heterocycles. The summed E-state index contributed by atoms with van der Waals surface area (Å²) in [4.78, 5) is 37.7. The zero-order valence-electron chi connectivity index (χ0n) is 49.8. The van der Waals surface area contributed by atoms with Gasteiger partial charge in [0.1, 0.15) is 19.3 Å². The van der Waals surface area contributed by atoms with Gasteiger partial charge in [0.25, 0.3) is 0 Å². The van der Waals surface area contributed by atoms with Crippen LogP contribution in [0.1, 0.15) is 278 Å². The Balaban J connectivity index is 5.34. The summed E-state index contributed by atoms with van der Waals surface area (Å²) in [6.45, 7) is 6.88. The maximum absolute atomic E-state index is 13.5. The van der Waals surface area contributed by atoms with Crippen molar-refractivity contribution in [1.29, 1.82) is 0 Å². The standard InChI is InChI=1S/C65H119N2O7P/c1-7-10-13-16-19-22-25-28-30-32-33-35-37-40-43-46-49-52-55-58-65(69)74-63(56-53-50-47-44-41-38-27-24-21-18-15-12-9-3)62(61-73-75(70,71)72-60-59-67(4,5)6)66-64(68)57-54-51-48-45-42-39-36-34-31-29-26-23-20-17-14-11-8-2/h11,14,20,23,29,31,36,39,45,48,53,56,62-63H,7-10,12-13,15-19,21-22,24-28,30,32-35,37-38,40-44,46-47,49-52,54-55,57-61H2,1-6H3,(H-,66,68,70,71)/p+1/b14-11-,23-20-,31-29-,39-36-,48-45-,56-53+. The maximum Gasteiger partial charge on any atom is 0.472 e. The van der Waals surface area contributed by atoms with Crippen LogP contribution in [0.15, 0.2) is 72.9 Å². The van der Waals surface area contributed by atoms with Crippen LogP contribution in [-0.4, -0.2) is 74.3 Å². The lowest BCUT2D eigenvalue weighted by Gasteiger charge is -2.27. The Labute approximate surface area is 463 Å². The molecule has 0 aliphatic carbocycles. The average Bonchev–Trinajstić information content (AvgIpc) is 3.37. The van der Waals surface area contributed by atoms with E-state index in [1.54, 1.807) is 0 Å². The number of phosphoric acid groups is 1. The van der Waals surface area contributed by atoms with Crippen LogP contribution >= 0.6 is 7.82 Å². The second-order valence-electron chi connectivity index (χ2n) is 22.2. The van der Waals surface area contributed by atoms with Gasteiger partial charge in [-0.25, -0.2) is 4.57 Å². The lowest BCUT2D eigenvalue weighted by Crippen LogP contribution is -2.47. The van der Waals surface area contributed by atoms with Crippen molar-refractivity contribution in [2.45, 2.75) is 290 Å². The van der Waals surface area contributed by atoms with E-state index in [-0.39, 0.29) is 37.9 Å². The third-order valence-electron chi connectivity index (χ3n) is 13.7. The first kappa shape index (κ1) is 72.5. The van der Waals surface area contributed by atoms with Crippen molar-refractivity contribution in [2.24, 2.45) is 0 Å². The Hall–Kier alpha value is -2.55. The fraction of sp³-hybridized carbons (Fsp3) is 0.785. The highest BCUT2D eigenvalue weighted by Gasteiger charge is 2.30. The number of hydrogen-bond donors (Lipinski definition) is 2. The summed E-state index contributed by atoms with van der Waals surface area (Å²) in [6, 6.07) is -0.878. The molecule has 3 unspecified atom stereocenters. The topological polar surface area (TPSA) is 111 Å². The van der Waals surface area contributed by atoms with Crippen LogP contribution < -0.4 is 5.32 Å². The van der Waals surface area contributed by atoms with Crippen molar-refractivity contribution in [1.82, 2.24) is 5.32 Å². The number of allylic oxidation sites excluding steroid dienone is 11. The molecule has 75 heavy (non-hydrogen) atoms.